The Morgan fingerprint density at radius 3 is 2.00 bits per heavy atom. The molecular weight excluding hydrogens is 328 g/mol. The van der Waals surface area contributed by atoms with Crippen LogP contribution in [0, 0.1) is 11.8 Å². The molecule has 0 bridgehead atoms. The predicted octanol–water partition coefficient (Wildman–Crippen LogP) is 0.272. The first-order valence-electron chi connectivity index (χ1n) is 7.74. The molecular formula is C17H20N2O6. The number of hydrogen-bond donors (Lipinski definition) is 5. The third kappa shape index (κ3) is 4.04. The molecule has 0 fully saturated rings. The van der Waals surface area contributed by atoms with Crippen LogP contribution in [0.1, 0.15) is 12.8 Å². The number of aliphatic carboxylic acids is 1. The average molecular weight is 348 g/mol. The van der Waals surface area contributed by atoms with Gasteiger partial charge in [0.1, 0.15) is 6.04 Å². The lowest BCUT2D eigenvalue weighted by Gasteiger charge is -2.26. The zero-order valence-corrected chi connectivity index (χ0v) is 13.4. The van der Waals surface area contributed by atoms with E-state index >= 15 is 0 Å². The van der Waals surface area contributed by atoms with Crippen molar-refractivity contribution in [3.05, 3.63) is 47.0 Å². The summed E-state index contributed by atoms with van der Waals surface area (Å²) < 4.78 is 0. The molecule has 0 saturated carbocycles. The second-order valence-electron chi connectivity index (χ2n) is 6.01. The van der Waals surface area contributed by atoms with Gasteiger partial charge in [-0.1, -0.05) is 12.2 Å². The number of hydrogen-bond acceptors (Lipinski definition) is 7. The molecule has 7 N–H and O–H groups in total. The number of carbonyl (C=O) groups is 3. The summed E-state index contributed by atoms with van der Waals surface area (Å²) in [6.07, 6.45) is 5.72. The number of carboxylic acid groups (broad SMARTS) is 1. The summed E-state index contributed by atoms with van der Waals surface area (Å²) in [7, 11) is 0. The fourth-order valence-electron chi connectivity index (χ4n) is 2.87. The molecule has 0 saturated heterocycles. The minimum Gasteiger partial charge on any atom is -0.504 e. The van der Waals surface area contributed by atoms with Crippen LogP contribution in [0.15, 0.2) is 47.0 Å². The number of Topliss-reactive ketones (excluding diaryl/α,β-unsaturated/α-hetero) is 2. The highest BCUT2D eigenvalue weighted by atomic mass is 16.4. The molecule has 25 heavy (non-hydrogen) atoms. The van der Waals surface area contributed by atoms with Crippen LogP contribution in [0.4, 0.5) is 0 Å². The SMILES string of the molecule is NCCC1=CC(C2C=C(CC(N)C(=O)O)C=C(O)C2=O)C(=O)C(O)=C1. The third-order valence-electron chi connectivity index (χ3n) is 4.13. The number of carbonyl (C=O) groups excluding carboxylic acids is 2. The van der Waals surface area contributed by atoms with Crippen molar-refractivity contribution >= 4 is 17.5 Å². The molecule has 0 aromatic heterocycles. The van der Waals surface area contributed by atoms with Crippen LogP contribution >= 0.6 is 0 Å². The summed E-state index contributed by atoms with van der Waals surface area (Å²) in [5.41, 5.74) is 11.9. The monoisotopic (exact) mass is 348 g/mol. The van der Waals surface area contributed by atoms with E-state index in [1.807, 2.05) is 0 Å². The van der Waals surface area contributed by atoms with Gasteiger partial charge in [0.25, 0.3) is 0 Å². The van der Waals surface area contributed by atoms with Crippen LogP contribution in [0.25, 0.3) is 0 Å². The van der Waals surface area contributed by atoms with E-state index in [2.05, 4.69) is 0 Å². The van der Waals surface area contributed by atoms with E-state index in [-0.39, 0.29) is 6.42 Å². The molecule has 0 spiro atoms. The first kappa shape index (κ1) is 18.6. The highest BCUT2D eigenvalue weighted by Crippen LogP contribution is 2.32. The molecule has 2 rings (SSSR count). The molecule has 0 heterocycles. The lowest BCUT2D eigenvalue weighted by molar-refractivity contribution is -0.138. The normalized spacial score (nSPS) is 24.9. The number of nitrogens with two attached hydrogens (primary N) is 2. The summed E-state index contributed by atoms with van der Waals surface area (Å²) in [5, 5.41) is 28.6. The molecule has 8 nitrogen and oxygen atoms in total. The maximum Gasteiger partial charge on any atom is 0.320 e. The minimum atomic E-state index is -1.22. The maximum absolute atomic E-state index is 12.3. The molecule has 8 heteroatoms. The number of aliphatic hydroxyl groups excluding tert-OH is 2. The predicted molar refractivity (Wildman–Crippen MR) is 88.5 cm³/mol. The second kappa shape index (κ2) is 7.45. The van der Waals surface area contributed by atoms with Crippen LogP contribution < -0.4 is 11.5 Å². The Kier molecular flexibility index (Phi) is 5.55. The topological polar surface area (TPSA) is 164 Å². The van der Waals surface area contributed by atoms with Crippen molar-refractivity contribution in [1.29, 1.82) is 0 Å². The van der Waals surface area contributed by atoms with Crippen LogP contribution in [0.3, 0.4) is 0 Å². The zero-order valence-electron chi connectivity index (χ0n) is 13.4. The van der Waals surface area contributed by atoms with Crippen molar-refractivity contribution in [3.63, 3.8) is 0 Å². The quantitative estimate of drug-likeness (QED) is 0.456. The molecule has 0 aliphatic heterocycles. The number of rotatable bonds is 6. The van der Waals surface area contributed by atoms with E-state index in [4.69, 9.17) is 16.6 Å². The highest BCUT2D eigenvalue weighted by Gasteiger charge is 2.38. The number of allylic oxidation sites excluding steroid dienone is 6. The van der Waals surface area contributed by atoms with Gasteiger partial charge in [-0.25, -0.2) is 0 Å². The first-order chi connectivity index (χ1) is 11.7. The Hall–Kier alpha value is -2.71. The Morgan fingerprint density at radius 2 is 1.52 bits per heavy atom. The van der Waals surface area contributed by atoms with E-state index in [1.54, 1.807) is 6.08 Å². The molecule has 134 valence electrons. The summed E-state index contributed by atoms with van der Waals surface area (Å²) in [4.78, 5) is 35.5. The molecule has 0 radical (unpaired) electrons. The molecule has 0 aromatic carbocycles. The molecule has 2 aliphatic rings. The standard InChI is InChI=1S/C17H20N2O6/c18-2-1-8-3-10(15(22)13(20)6-8)11-4-9(5-12(19)17(24)25)7-14(21)16(11)23/h3-4,6-7,10-12,20-21H,1-2,5,18-19H2,(H,24,25). The molecule has 2 aliphatic carbocycles. The van der Waals surface area contributed by atoms with Gasteiger partial charge < -0.3 is 26.8 Å². The van der Waals surface area contributed by atoms with E-state index in [0.717, 1.165) is 6.08 Å². The first-order valence-corrected chi connectivity index (χ1v) is 7.74. The largest absolute Gasteiger partial charge is 0.504 e. The van der Waals surface area contributed by atoms with E-state index in [0.29, 0.717) is 24.1 Å². The van der Waals surface area contributed by atoms with Crippen molar-refractivity contribution in [3.8, 4) is 0 Å². The van der Waals surface area contributed by atoms with Gasteiger partial charge in [-0.3, -0.25) is 14.4 Å². The van der Waals surface area contributed by atoms with Crippen LogP contribution in [-0.2, 0) is 14.4 Å². The number of carboxylic acids is 1. The molecule has 0 amide bonds. The summed E-state index contributed by atoms with van der Waals surface area (Å²) >= 11 is 0. The van der Waals surface area contributed by atoms with Crippen LogP contribution in [-0.4, -0.2) is 45.4 Å². The van der Waals surface area contributed by atoms with Gasteiger partial charge in [-0.15, -0.1) is 0 Å². The van der Waals surface area contributed by atoms with Gasteiger partial charge in [-0.2, -0.15) is 0 Å². The van der Waals surface area contributed by atoms with Gasteiger partial charge in [0.05, 0.1) is 11.8 Å². The van der Waals surface area contributed by atoms with Gasteiger partial charge in [0.15, 0.2) is 11.5 Å². The lowest BCUT2D eigenvalue weighted by Crippen LogP contribution is -2.34. The van der Waals surface area contributed by atoms with E-state index in [9.17, 15) is 24.6 Å². The third-order valence-corrected chi connectivity index (χ3v) is 4.13. The number of aliphatic hydroxyl groups is 2. The molecule has 3 unspecified atom stereocenters. The maximum atomic E-state index is 12.3. The van der Waals surface area contributed by atoms with Crippen molar-refractivity contribution in [2.24, 2.45) is 23.3 Å². The molecule has 3 atom stereocenters. The average Bonchev–Trinajstić information content (AvgIpc) is 2.54. The van der Waals surface area contributed by atoms with Gasteiger partial charge in [0.2, 0.25) is 11.6 Å². The Balaban J connectivity index is 2.35. The summed E-state index contributed by atoms with van der Waals surface area (Å²) in [6, 6.07) is -1.21. The summed E-state index contributed by atoms with van der Waals surface area (Å²) in [5.74, 6) is -5.63. The zero-order chi connectivity index (χ0) is 18.7. The Bertz CT molecular complexity index is 731. The van der Waals surface area contributed by atoms with E-state index in [1.165, 1.54) is 12.2 Å². The highest BCUT2D eigenvalue weighted by molar-refractivity contribution is 6.06. The van der Waals surface area contributed by atoms with E-state index < -0.39 is 46.9 Å². The van der Waals surface area contributed by atoms with Gasteiger partial charge >= 0.3 is 5.97 Å². The molecule has 0 aromatic rings. The van der Waals surface area contributed by atoms with Crippen LogP contribution in [0.2, 0.25) is 0 Å². The Morgan fingerprint density at radius 1 is 1.04 bits per heavy atom. The smallest absolute Gasteiger partial charge is 0.320 e. The van der Waals surface area contributed by atoms with Crippen molar-refractivity contribution in [1.82, 2.24) is 0 Å². The Labute approximate surface area is 143 Å². The van der Waals surface area contributed by atoms with Crippen LogP contribution in [0.5, 0.6) is 0 Å². The van der Waals surface area contributed by atoms with Gasteiger partial charge in [0, 0.05) is 0 Å². The fourth-order valence-corrected chi connectivity index (χ4v) is 2.87. The second-order valence-corrected chi connectivity index (χ2v) is 6.01. The van der Waals surface area contributed by atoms with Gasteiger partial charge in [-0.05, 0) is 42.7 Å². The summed E-state index contributed by atoms with van der Waals surface area (Å²) in [6.45, 7) is 0.300. The fraction of sp³-hybridized carbons (Fsp3) is 0.353. The lowest BCUT2D eigenvalue weighted by atomic mass is 9.76. The van der Waals surface area contributed by atoms with Crippen molar-refractivity contribution in [2.45, 2.75) is 18.9 Å². The number of ketones is 2. The minimum absolute atomic E-state index is 0.106. The van der Waals surface area contributed by atoms with Crippen molar-refractivity contribution in [2.75, 3.05) is 6.54 Å². The van der Waals surface area contributed by atoms with Crippen molar-refractivity contribution < 1.29 is 29.7 Å².